The third-order valence-electron chi connectivity index (χ3n) is 3.19. The van der Waals surface area contributed by atoms with Gasteiger partial charge in [-0.2, -0.15) is 0 Å². The van der Waals surface area contributed by atoms with E-state index in [4.69, 9.17) is 0 Å². The van der Waals surface area contributed by atoms with Crippen molar-refractivity contribution >= 4 is 31.7 Å². The van der Waals surface area contributed by atoms with Crippen LogP contribution in [0.5, 0.6) is 0 Å². The van der Waals surface area contributed by atoms with Crippen LogP contribution < -0.4 is 5.32 Å². The van der Waals surface area contributed by atoms with Crippen LogP contribution in [-0.4, -0.2) is 35.9 Å². The highest BCUT2D eigenvalue weighted by atomic mass is 79.9. The highest BCUT2D eigenvalue weighted by Crippen LogP contribution is 2.25. The molecular formula is C11H16BrN3O2S. The Morgan fingerprint density at radius 2 is 2.00 bits per heavy atom. The predicted octanol–water partition coefficient (Wildman–Crippen LogP) is 2.01. The Labute approximate surface area is 115 Å². The summed E-state index contributed by atoms with van der Waals surface area (Å²) in [6.45, 7) is 0. The summed E-state index contributed by atoms with van der Waals surface area (Å²) < 4.78 is 24.0. The van der Waals surface area contributed by atoms with E-state index in [1.54, 1.807) is 12.4 Å². The second-order valence-corrected chi connectivity index (χ2v) is 7.93. The minimum Gasteiger partial charge on any atom is -0.351 e. The number of halogens is 1. The molecule has 1 aromatic rings. The molecule has 1 fully saturated rings. The first-order valence-electron chi connectivity index (χ1n) is 5.88. The van der Waals surface area contributed by atoms with Gasteiger partial charge in [0.2, 0.25) is 5.95 Å². The zero-order valence-electron chi connectivity index (χ0n) is 10.1. The molecule has 0 bridgehead atoms. The van der Waals surface area contributed by atoms with Gasteiger partial charge >= 0.3 is 0 Å². The smallest absolute Gasteiger partial charge is 0.222 e. The van der Waals surface area contributed by atoms with E-state index in [1.165, 1.54) is 6.26 Å². The summed E-state index contributed by atoms with van der Waals surface area (Å²) >= 11 is 3.27. The van der Waals surface area contributed by atoms with Crippen LogP contribution >= 0.6 is 15.9 Å². The normalized spacial score (nSPS) is 24.8. The lowest BCUT2D eigenvalue weighted by molar-refractivity contribution is 0.451. The van der Waals surface area contributed by atoms with E-state index in [0.717, 1.165) is 23.7 Å². The molecule has 7 heteroatoms. The van der Waals surface area contributed by atoms with E-state index in [2.05, 4.69) is 31.2 Å². The standard InChI is InChI=1S/C11H16BrN3O2S/c1-18(16,17)10-4-2-3-9(5-10)15-11-13-6-8(12)7-14-11/h6-7,9-10H,2-5H2,1H3,(H,13,14,15)/t9-,10+/m0/s1. The van der Waals surface area contributed by atoms with Crippen LogP contribution in [0.4, 0.5) is 5.95 Å². The fourth-order valence-electron chi connectivity index (χ4n) is 2.23. The molecule has 1 heterocycles. The summed E-state index contributed by atoms with van der Waals surface area (Å²) in [6.07, 6.45) is 7.95. The minimum atomic E-state index is -2.95. The molecule has 1 aliphatic rings. The van der Waals surface area contributed by atoms with Gasteiger partial charge in [0.15, 0.2) is 0 Å². The molecule has 2 atom stereocenters. The van der Waals surface area contributed by atoms with Crippen LogP contribution in [0, 0.1) is 0 Å². The monoisotopic (exact) mass is 333 g/mol. The number of hydrogen-bond acceptors (Lipinski definition) is 5. The Hall–Kier alpha value is -0.690. The van der Waals surface area contributed by atoms with Crippen molar-refractivity contribution in [1.29, 1.82) is 0 Å². The number of nitrogens with zero attached hydrogens (tertiary/aromatic N) is 2. The van der Waals surface area contributed by atoms with E-state index in [1.807, 2.05) is 0 Å². The molecule has 0 aliphatic heterocycles. The molecule has 5 nitrogen and oxygen atoms in total. The molecule has 0 unspecified atom stereocenters. The van der Waals surface area contributed by atoms with Crippen LogP contribution in [0.3, 0.4) is 0 Å². The summed E-state index contributed by atoms with van der Waals surface area (Å²) in [7, 11) is -2.95. The van der Waals surface area contributed by atoms with Gasteiger partial charge in [0.1, 0.15) is 9.84 Å². The van der Waals surface area contributed by atoms with Crippen LogP contribution in [0.2, 0.25) is 0 Å². The molecule has 0 amide bonds. The molecule has 2 rings (SSSR count). The second-order valence-electron chi connectivity index (χ2n) is 4.68. The number of sulfone groups is 1. The molecular weight excluding hydrogens is 318 g/mol. The van der Waals surface area contributed by atoms with Crippen molar-refractivity contribution in [3.63, 3.8) is 0 Å². The summed E-state index contributed by atoms with van der Waals surface area (Å²) in [6, 6.07) is 0.139. The lowest BCUT2D eigenvalue weighted by Gasteiger charge is -2.28. The average molecular weight is 334 g/mol. The topological polar surface area (TPSA) is 72.0 Å². The molecule has 0 spiro atoms. The first kappa shape index (κ1) is 13.7. The fourth-order valence-corrected chi connectivity index (χ4v) is 3.62. The fraction of sp³-hybridized carbons (Fsp3) is 0.636. The first-order chi connectivity index (χ1) is 8.45. The number of aromatic nitrogens is 2. The lowest BCUT2D eigenvalue weighted by Crippen LogP contribution is -2.34. The van der Waals surface area contributed by atoms with Gasteiger partial charge in [-0.05, 0) is 35.2 Å². The zero-order chi connectivity index (χ0) is 13.2. The van der Waals surface area contributed by atoms with Gasteiger partial charge < -0.3 is 5.32 Å². The van der Waals surface area contributed by atoms with Gasteiger partial charge in [-0.3, -0.25) is 0 Å². The van der Waals surface area contributed by atoms with Crippen molar-refractivity contribution in [2.24, 2.45) is 0 Å². The zero-order valence-corrected chi connectivity index (χ0v) is 12.5. The van der Waals surface area contributed by atoms with E-state index >= 15 is 0 Å². The first-order valence-corrected chi connectivity index (χ1v) is 8.63. The van der Waals surface area contributed by atoms with Gasteiger partial charge in [0, 0.05) is 24.7 Å². The molecule has 0 aromatic carbocycles. The van der Waals surface area contributed by atoms with Crippen molar-refractivity contribution in [1.82, 2.24) is 9.97 Å². The van der Waals surface area contributed by atoms with E-state index in [-0.39, 0.29) is 11.3 Å². The SMILES string of the molecule is CS(=O)(=O)[C@@H]1CCC[C@H](Nc2ncc(Br)cn2)C1. The predicted molar refractivity (Wildman–Crippen MR) is 74.2 cm³/mol. The second kappa shape index (κ2) is 5.52. The van der Waals surface area contributed by atoms with Crippen LogP contribution in [0.15, 0.2) is 16.9 Å². The Balaban J connectivity index is 2.00. The molecule has 0 saturated heterocycles. The Bertz CT molecular complexity index is 504. The molecule has 1 saturated carbocycles. The molecule has 18 heavy (non-hydrogen) atoms. The molecule has 1 N–H and O–H groups in total. The molecule has 1 aliphatic carbocycles. The molecule has 100 valence electrons. The van der Waals surface area contributed by atoms with Gasteiger partial charge in [0.05, 0.1) is 9.72 Å². The Kier molecular flexibility index (Phi) is 4.21. The number of rotatable bonds is 3. The molecule has 0 radical (unpaired) electrons. The summed E-state index contributed by atoms with van der Waals surface area (Å²) in [5.74, 6) is 0.553. The van der Waals surface area contributed by atoms with Crippen molar-refractivity contribution in [3.8, 4) is 0 Å². The van der Waals surface area contributed by atoms with Gasteiger partial charge in [-0.1, -0.05) is 6.42 Å². The third-order valence-corrected chi connectivity index (χ3v) is 5.23. The minimum absolute atomic E-state index is 0.139. The van der Waals surface area contributed by atoms with Gasteiger partial charge in [0.25, 0.3) is 0 Å². The maximum atomic E-state index is 11.6. The number of hydrogen-bond donors (Lipinski definition) is 1. The van der Waals surface area contributed by atoms with E-state index in [9.17, 15) is 8.42 Å². The highest BCUT2D eigenvalue weighted by Gasteiger charge is 2.29. The van der Waals surface area contributed by atoms with Crippen molar-refractivity contribution in [3.05, 3.63) is 16.9 Å². The maximum Gasteiger partial charge on any atom is 0.222 e. The molecule has 1 aromatic heterocycles. The van der Waals surface area contributed by atoms with E-state index < -0.39 is 9.84 Å². The third kappa shape index (κ3) is 3.65. The van der Waals surface area contributed by atoms with Crippen molar-refractivity contribution in [2.45, 2.75) is 37.0 Å². The van der Waals surface area contributed by atoms with Crippen molar-refractivity contribution < 1.29 is 8.42 Å². The number of anilines is 1. The Morgan fingerprint density at radius 1 is 1.33 bits per heavy atom. The van der Waals surface area contributed by atoms with Crippen LogP contribution in [-0.2, 0) is 9.84 Å². The van der Waals surface area contributed by atoms with Crippen LogP contribution in [0.25, 0.3) is 0 Å². The van der Waals surface area contributed by atoms with Crippen LogP contribution in [0.1, 0.15) is 25.7 Å². The number of nitrogens with one attached hydrogen (secondary N) is 1. The van der Waals surface area contributed by atoms with Gasteiger partial charge in [-0.15, -0.1) is 0 Å². The average Bonchev–Trinajstić information content (AvgIpc) is 2.31. The van der Waals surface area contributed by atoms with Crippen molar-refractivity contribution in [2.75, 3.05) is 11.6 Å². The summed E-state index contributed by atoms with van der Waals surface area (Å²) in [5.41, 5.74) is 0. The maximum absolute atomic E-state index is 11.6. The van der Waals surface area contributed by atoms with Gasteiger partial charge in [-0.25, -0.2) is 18.4 Å². The summed E-state index contributed by atoms with van der Waals surface area (Å²) in [4.78, 5) is 8.28. The lowest BCUT2D eigenvalue weighted by atomic mass is 9.95. The highest BCUT2D eigenvalue weighted by molar-refractivity contribution is 9.10. The van der Waals surface area contributed by atoms with E-state index in [0.29, 0.717) is 12.4 Å². The Morgan fingerprint density at radius 3 is 2.61 bits per heavy atom. The summed E-state index contributed by atoms with van der Waals surface area (Å²) in [5, 5.41) is 2.97. The quantitative estimate of drug-likeness (QED) is 0.915. The largest absolute Gasteiger partial charge is 0.351 e.